The van der Waals surface area contributed by atoms with E-state index in [2.05, 4.69) is 5.32 Å². The molecule has 0 spiro atoms. The first-order chi connectivity index (χ1) is 13.1. The molecule has 1 N–H and O–H groups in total. The SMILES string of the molecule is O=C(NCc1ccccc1)c1cccc(N2C(=O)c3ccccc3C2=O)c1. The smallest absolute Gasteiger partial charge is 0.266 e. The van der Waals surface area contributed by atoms with E-state index in [1.54, 1.807) is 48.5 Å². The highest BCUT2D eigenvalue weighted by atomic mass is 16.2. The zero-order chi connectivity index (χ0) is 18.8. The van der Waals surface area contributed by atoms with Gasteiger partial charge in [0, 0.05) is 12.1 Å². The van der Waals surface area contributed by atoms with Gasteiger partial charge in [-0.05, 0) is 35.9 Å². The molecule has 5 heteroatoms. The maximum absolute atomic E-state index is 12.6. The number of hydrogen-bond acceptors (Lipinski definition) is 3. The third-order valence-corrected chi connectivity index (χ3v) is 4.46. The topological polar surface area (TPSA) is 66.5 Å². The highest BCUT2D eigenvalue weighted by Crippen LogP contribution is 2.28. The molecule has 1 heterocycles. The summed E-state index contributed by atoms with van der Waals surface area (Å²) in [5.41, 5.74) is 2.51. The number of carbonyl (C=O) groups excluding carboxylic acids is 3. The van der Waals surface area contributed by atoms with Crippen LogP contribution in [0.15, 0.2) is 78.9 Å². The number of amides is 3. The molecular weight excluding hydrogens is 340 g/mol. The Morgan fingerprint density at radius 1 is 0.778 bits per heavy atom. The molecule has 3 aromatic rings. The molecule has 132 valence electrons. The fraction of sp³-hybridized carbons (Fsp3) is 0.0455. The summed E-state index contributed by atoms with van der Waals surface area (Å²) in [6.07, 6.45) is 0. The van der Waals surface area contributed by atoms with E-state index in [1.807, 2.05) is 30.3 Å². The van der Waals surface area contributed by atoms with Crippen LogP contribution in [0.25, 0.3) is 0 Å². The molecule has 27 heavy (non-hydrogen) atoms. The van der Waals surface area contributed by atoms with Gasteiger partial charge in [-0.1, -0.05) is 48.5 Å². The summed E-state index contributed by atoms with van der Waals surface area (Å²) in [5, 5.41) is 2.85. The maximum atomic E-state index is 12.6. The van der Waals surface area contributed by atoms with E-state index in [4.69, 9.17) is 0 Å². The van der Waals surface area contributed by atoms with Gasteiger partial charge in [-0.3, -0.25) is 14.4 Å². The van der Waals surface area contributed by atoms with Crippen molar-refractivity contribution in [2.45, 2.75) is 6.54 Å². The van der Waals surface area contributed by atoms with Gasteiger partial charge in [-0.15, -0.1) is 0 Å². The molecule has 0 aliphatic carbocycles. The van der Waals surface area contributed by atoms with Crippen LogP contribution >= 0.6 is 0 Å². The summed E-state index contributed by atoms with van der Waals surface area (Å²) in [7, 11) is 0. The van der Waals surface area contributed by atoms with E-state index in [9.17, 15) is 14.4 Å². The number of anilines is 1. The highest BCUT2D eigenvalue weighted by molar-refractivity contribution is 6.34. The largest absolute Gasteiger partial charge is 0.348 e. The Hall–Kier alpha value is -3.73. The zero-order valence-corrected chi connectivity index (χ0v) is 14.4. The normalized spacial score (nSPS) is 12.8. The summed E-state index contributed by atoms with van der Waals surface area (Å²) in [4.78, 5) is 38.8. The standard InChI is InChI=1S/C22H16N2O3/c25-20(23-14-15-7-2-1-3-8-15)16-9-6-10-17(13-16)24-21(26)18-11-4-5-12-19(18)22(24)27/h1-13H,14H2,(H,23,25). The summed E-state index contributed by atoms with van der Waals surface area (Å²) in [6.45, 7) is 0.400. The van der Waals surface area contributed by atoms with Crippen LogP contribution in [0.3, 0.4) is 0 Å². The minimum Gasteiger partial charge on any atom is -0.348 e. The van der Waals surface area contributed by atoms with Gasteiger partial charge in [-0.25, -0.2) is 4.90 Å². The molecule has 0 saturated carbocycles. The summed E-state index contributed by atoms with van der Waals surface area (Å²) in [6, 6.07) is 22.8. The summed E-state index contributed by atoms with van der Waals surface area (Å²) in [5.74, 6) is -1.02. The lowest BCUT2D eigenvalue weighted by Gasteiger charge is -2.15. The van der Waals surface area contributed by atoms with Crippen LogP contribution in [0.4, 0.5) is 5.69 Å². The summed E-state index contributed by atoms with van der Waals surface area (Å²) < 4.78 is 0. The molecule has 1 aliphatic rings. The molecule has 0 radical (unpaired) electrons. The van der Waals surface area contributed by atoms with Gasteiger partial charge in [0.25, 0.3) is 17.7 Å². The molecule has 0 saturated heterocycles. The third kappa shape index (κ3) is 3.11. The lowest BCUT2D eigenvalue weighted by molar-refractivity contribution is 0.0919. The Bertz CT molecular complexity index is 1010. The predicted molar refractivity (Wildman–Crippen MR) is 102 cm³/mol. The molecule has 1 aliphatic heterocycles. The first kappa shape index (κ1) is 16.7. The van der Waals surface area contributed by atoms with Crippen LogP contribution in [0, 0.1) is 0 Å². The fourth-order valence-corrected chi connectivity index (χ4v) is 3.09. The van der Waals surface area contributed by atoms with Crippen LogP contribution in [-0.2, 0) is 6.54 Å². The molecule has 5 nitrogen and oxygen atoms in total. The molecule has 0 fully saturated rings. The molecule has 0 bridgehead atoms. The number of nitrogens with zero attached hydrogens (tertiary/aromatic N) is 1. The van der Waals surface area contributed by atoms with E-state index in [1.165, 1.54) is 0 Å². The van der Waals surface area contributed by atoms with Crippen molar-refractivity contribution in [1.29, 1.82) is 0 Å². The average Bonchev–Trinajstić information content (AvgIpc) is 2.98. The van der Waals surface area contributed by atoms with Crippen molar-refractivity contribution in [3.8, 4) is 0 Å². The zero-order valence-electron chi connectivity index (χ0n) is 14.4. The Kier molecular flexibility index (Phi) is 4.26. The molecule has 3 aromatic carbocycles. The van der Waals surface area contributed by atoms with Crippen molar-refractivity contribution in [2.75, 3.05) is 4.90 Å². The van der Waals surface area contributed by atoms with Crippen molar-refractivity contribution in [3.05, 3.63) is 101 Å². The van der Waals surface area contributed by atoms with Gasteiger partial charge in [-0.2, -0.15) is 0 Å². The highest BCUT2D eigenvalue weighted by Gasteiger charge is 2.36. The van der Waals surface area contributed by atoms with Crippen molar-refractivity contribution < 1.29 is 14.4 Å². The molecular formula is C22H16N2O3. The number of benzene rings is 3. The fourth-order valence-electron chi connectivity index (χ4n) is 3.09. The van der Waals surface area contributed by atoms with E-state index in [-0.39, 0.29) is 17.7 Å². The van der Waals surface area contributed by atoms with Crippen LogP contribution in [0.1, 0.15) is 36.6 Å². The molecule has 0 aromatic heterocycles. The van der Waals surface area contributed by atoms with Crippen LogP contribution < -0.4 is 10.2 Å². The van der Waals surface area contributed by atoms with E-state index >= 15 is 0 Å². The van der Waals surface area contributed by atoms with E-state index < -0.39 is 0 Å². The van der Waals surface area contributed by atoms with Crippen molar-refractivity contribution in [3.63, 3.8) is 0 Å². The summed E-state index contributed by atoms with van der Waals surface area (Å²) >= 11 is 0. The van der Waals surface area contributed by atoms with Crippen molar-refractivity contribution in [2.24, 2.45) is 0 Å². The minimum atomic E-state index is -0.377. The number of nitrogens with one attached hydrogen (secondary N) is 1. The van der Waals surface area contributed by atoms with Crippen LogP contribution in [0.2, 0.25) is 0 Å². The second kappa shape index (κ2) is 6.88. The lowest BCUT2D eigenvalue weighted by atomic mass is 10.1. The molecule has 4 rings (SSSR count). The van der Waals surface area contributed by atoms with Gasteiger partial charge in [0.05, 0.1) is 16.8 Å². The second-order valence-electron chi connectivity index (χ2n) is 6.21. The van der Waals surface area contributed by atoms with Crippen molar-refractivity contribution >= 4 is 23.4 Å². The number of carbonyl (C=O) groups is 3. The maximum Gasteiger partial charge on any atom is 0.266 e. The van der Waals surface area contributed by atoms with Crippen molar-refractivity contribution in [1.82, 2.24) is 5.32 Å². The molecule has 0 atom stereocenters. The predicted octanol–water partition coefficient (Wildman–Crippen LogP) is 3.42. The van der Waals surface area contributed by atoms with Gasteiger partial charge < -0.3 is 5.32 Å². The average molecular weight is 356 g/mol. The second-order valence-corrected chi connectivity index (χ2v) is 6.21. The monoisotopic (exact) mass is 356 g/mol. The Labute approximate surface area is 156 Å². The van der Waals surface area contributed by atoms with Gasteiger partial charge in [0.2, 0.25) is 0 Å². The lowest BCUT2D eigenvalue weighted by Crippen LogP contribution is -2.30. The number of hydrogen-bond donors (Lipinski definition) is 1. The van der Waals surface area contributed by atoms with Gasteiger partial charge >= 0.3 is 0 Å². The van der Waals surface area contributed by atoms with E-state index in [0.717, 1.165) is 10.5 Å². The molecule has 3 amide bonds. The third-order valence-electron chi connectivity index (χ3n) is 4.46. The Morgan fingerprint density at radius 2 is 1.41 bits per heavy atom. The van der Waals surface area contributed by atoms with Gasteiger partial charge in [0.15, 0.2) is 0 Å². The van der Waals surface area contributed by atoms with Crippen LogP contribution in [-0.4, -0.2) is 17.7 Å². The minimum absolute atomic E-state index is 0.266. The Balaban J connectivity index is 1.56. The number of rotatable bonds is 4. The molecule has 0 unspecified atom stereocenters. The number of fused-ring (bicyclic) bond motifs is 1. The van der Waals surface area contributed by atoms with E-state index in [0.29, 0.717) is 28.9 Å². The number of imide groups is 1. The first-order valence-electron chi connectivity index (χ1n) is 8.55. The first-order valence-corrected chi connectivity index (χ1v) is 8.55. The Morgan fingerprint density at radius 3 is 2.07 bits per heavy atom. The van der Waals surface area contributed by atoms with Crippen LogP contribution in [0.5, 0.6) is 0 Å². The quantitative estimate of drug-likeness (QED) is 0.729. The van der Waals surface area contributed by atoms with Gasteiger partial charge in [0.1, 0.15) is 0 Å².